The molecule has 0 aliphatic carbocycles. The average molecular weight is 444 g/mol. The fourth-order valence-electron chi connectivity index (χ4n) is 4.72. The molecule has 0 amide bonds. The van der Waals surface area contributed by atoms with E-state index >= 15 is 0 Å². The van der Waals surface area contributed by atoms with Crippen molar-refractivity contribution in [2.24, 2.45) is 10.7 Å². The second kappa shape index (κ2) is 7.67. The van der Waals surface area contributed by atoms with E-state index in [0.717, 1.165) is 23.1 Å². The largest absolute Gasteiger partial charge is 0.465 e. The number of fused-ring (bicyclic) bond motifs is 4. The predicted octanol–water partition coefficient (Wildman–Crippen LogP) is 4.17. The zero-order chi connectivity index (χ0) is 22.4. The molecule has 3 aliphatic rings. The summed E-state index contributed by atoms with van der Waals surface area (Å²) in [7, 11) is 0. The van der Waals surface area contributed by atoms with Crippen molar-refractivity contribution in [3.8, 4) is 22.8 Å². The molecule has 2 aromatic heterocycles. The maximum Gasteiger partial charge on any atom is 0.283 e. The highest BCUT2D eigenvalue weighted by Crippen LogP contribution is 2.52. The quantitative estimate of drug-likeness (QED) is 0.597. The van der Waals surface area contributed by atoms with Crippen LogP contribution in [0.4, 0.5) is 4.39 Å². The molecule has 8 heteroatoms. The average Bonchev–Trinajstić information content (AvgIpc) is 2.85. The molecule has 3 aliphatic heterocycles. The van der Waals surface area contributed by atoms with Gasteiger partial charge >= 0.3 is 0 Å². The third-order valence-corrected chi connectivity index (χ3v) is 6.35. The number of benzene rings is 1. The van der Waals surface area contributed by atoms with Crippen molar-refractivity contribution in [2.45, 2.75) is 18.4 Å². The summed E-state index contributed by atoms with van der Waals surface area (Å²) in [6.45, 7) is 1.64. The van der Waals surface area contributed by atoms with Crippen LogP contribution in [0, 0.1) is 5.95 Å². The maximum atomic E-state index is 14.5. The molecule has 1 atom stereocenters. The van der Waals surface area contributed by atoms with Gasteiger partial charge in [-0.25, -0.2) is 15.0 Å². The second-order valence-electron chi connectivity index (χ2n) is 8.19. The minimum absolute atomic E-state index is 0.105. The summed E-state index contributed by atoms with van der Waals surface area (Å²) in [4.78, 5) is 13.2. The minimum atomic E-state index is -0.852. The molecule has 0 bridgehead atoms. The molecule has 3 aromatic rings. The van der Waals surface area contributed by atoms with Gasteiger partial charge in [0.25, 0.3) is 6.02 Å². The molecule has 1 aromatic carbocycles. The zero-order valence-electron chi connectivity index (χ0n) is 17.8. The zero-order valence-corrected chi connectivity index (χ0v) is 17.8. The van der Waals surface area contributed by atoms with Crippen molar-refractivity contribution in [1.82, 2.24) is 9.97 Å². The van der Waals surface area contributed by atoms with Crippen LogP contribution in [0.1, 0.15) is 29.5 Å². The Balaban J connectivity index is 1.56. The Bertz CT molecular complexity index is 1320. The Morgan fingerprint density at radius 3 is 2.76 bits per heavy atom. The fraction of sp³-hybridized carbons (Fsp3) is 0.240. The molecule has 33 heavy (non-hydrogen) atoms. The number of nitrogens with two attached hydrogens (primary N) is 1. The summed E-state index contributed by atoms with van der Waals surface area (Å²) in [5.41, 5.74) is 10.1. The molecular formula is C25H21FN4O3. The second-order valence-corrected chi connectivity index (χ2v) is 8.19. The van der Waals surface area contributed by atoms with Crippen LogP contribution in [0.25, 0.3) is 16.7 Å². The molecule has 7 nitrogen and oxygen atoms in total. The third kappa shape index (κ3) is 3.25. The lowest BCUT2D eigenvalue weighted by Gasteiger charge is -2.39. The van der Waals surface area contributed by atoms with Crippen LogP contribution in [0.15, 0.2) is 59.9 Å². The molecule has 1 spiro atoms. The SMILES string of the molecule is NC1=NC2(CCO1)c1cc(-c3cccnc3F)ccc1Oc1ncc(C3=CCOCC3)cc12. The van der Waals surface area contributed by atoms with Crippen molar-refractivity contribution in [3.05, 3.63) is 77.5 Å². The number of hydrogen-bond acceptors (Lipinski definition) is 7. The molecular weight excluding hydrogens is 423 g/mol. The van der Waals surface area contributed by atoms with Crippen LogP contribution in [-0.2, 0) is 15.0 Å². The molecule has 166 valence electrons. The number of rotatable bonds is 2. The Morgan fingerprint density at radius 1 is 1.03 bits per heavy atom. The van der Waals surface area contributed by atoms with E-state index in [4.69, 9.17) is 24.9 Å². The Morgan fingerprint density at radius 2 is 1.94 bits per heavy atom. The van der Waals surface area contributed by atoms with Gasteiger partial charge in [-0.05, 0) is 53.5 Å². The Labute approximate surface area is 189 Å². The van der Waals surface area contributed by atoms with Gasteiger partial charge in [0.15, 0.2) is 0 Å². The van der Waals surface area contributed by atoms with Crippen molar-refractivity contribution < 1.29 is 18.6 Å². The minimum Gasteiger partial charge on any atom is -0.465 e. The predicted molar refractivity (Wildman–Crippen MR) is 120 cm³/mol. The summed E-state index contributed by atoms with van der Waals surface area (Å²) < 4.78 is 31.6. The van der Waals surface area contributed by atoms with Crippen molar-refractivity contribution in [1.29, 1.82) is 0 Å². The van der Waals surface area contributed by atoms with E-state index in [1.54, 1.807) is 12.1 Å². The van der Waals surface area contributed by atoms with Gasteiger partial charge in [0.1, 0.15) is 11.3 Å². The Kier molecular flexibility index (Phi) is 4.62. The van der Waals surface area contributed by atoms with Crippen LogP contribution in [0.3, 0.4) is 0 Å². The number of amidine groups is 1. The van der Waals surface area contributed by atoms with Gasteiger partial charge in [0, 0.05) is 35.5 Å². The Hall–Kier alpha value is -3.78. The molecule has 0 saturated carbocycles. The van der Waals surface area contributed by atoms with E-state index < -0.39 is 11.5 Å². The fourth-order valence-corrected chi connectivity index (χ4v) is 4.72. The molecule has 1 unspecified atom stereocenters. The van der Waals surface area contributed by atoms with Crippen LogP contribution < -0.4 is 10.5 Å². The monoisotopic (exact) mass is 444 g/mol. The third-order valence-electron chi connectivity index (χ3n) is 6.35. The lowest BCUT2D eigenvalue weighted by molar-refractivity contribution is 0.161. The van der Waals surface area contributed by atoms with Crippen LogP contribution >= 0.6 is 0 Å². The summed E-state index contributed by atoms with van der Waals surface area (Å²) in [5.74, 6) is 0.561. The first-order valence-electron chi connectivity index (χ1n) is 10.8. The molecule has 0 radical (unpaired) electrons. The number of ether oxygens (including phenoxy) is 3. The smallest absolute Gasteiger partial charge is 0.283 e. The van der Waals surface area contributed by atoms with Gasteiger partial charge < -0.3 is 19.9 Å². The van der Waals surface area contributed by atoms with Crippen LogP contribution in [0.5, 0.6) is 11.6 Å². The topological polar surface area (TPSA) is 91.9 Å². The van der Waals surface area contributed by atoms with Gasteiger partial charge in [-0.3, -0.25) is 0 Å². The molecule has 0 saturated heterocycles. The van der Waals surface area contributed by atoms with Crippen LogP contribution in [0.2, 0.25) is 0 Å². The van der Waals surface area contributed by atoms with E-state index in [-0.39, 0.29) is 6.02 Å². The van der Waals surface area contributed by atoms with Gasteiger partial charge in [0.05, 0.1) is 19.8 Å². The molecule has 5 heterocycles. The number of aromatic nitrogens is 2. The van der Waals surface area contributed by atoms with E-state index in [2.05, 4.69) is 22.1 Å². The van der Waals surface area contributed by atoms with E-state index in [0.29, 0.717) is 49.0 Å². The van der Waals surface area contributed by atoms with Crippen molar-refractivity contribution in [2.75, 3.05) is 19.8 Å². The standard InChI is InChI=1S/C25H21FN4O3/c26-22-18(2-1-8-28-22)16-3-4-21-19(12-16)25(7-11-32-24(27)30-25)20-13-17(14-29-23(20)33-21)15-5-9-31-10-6-15/h1-5,8,12-14H,6-7,9-11H2,(H2,27,30). The van der Waals surface area contributed by atoms with E-state index in [1.165, 1.54) is 11.8 Å². The highest BCUT2D eigenvalue weighted by molar-refractivity contribution is 5.77. The van der Waals surface area contributed by atoms with Crippen molar-refractivity contribution in [3.63, 3.8) is 0 Å². The molecule has 2 N–H and O–H groups in total. The van der Waals surface area contributed by atoms with Gasteiger partial charge in [-0.2, -0.15) is 4.39 Å². The first-order chi connectivity index (χ1) is 16.1. The number of halogens is 1. The lowest BCUT2D eigenvalue weighted by Crippen LogP contribution is -2.39. The highest BCUT2D eigenvalue weighted by Gasteiger charge is 2.45. The number of hydrogen-bond donors (Lipinski definition) is 1. The highest BCUT2D eigenvalue weighted by atomic mass is 19.1. The first kappa shape index (κ1) is 19.9. The molecule has 6 rings (SSSR count). The van der Waals surface area contributed by atoms with Crippen LogP contribution in [-0.4, -0.2) is 35.8 Å². The van der Waals surface area contributed by atoms with Gasteiger partial charge in [0.2, 0.25) is 11.8 Å². The molecule has 0 fully saturated rings. The van der Waals surface area contributed by atoms with Crippen molar-refractivity contribution >= 4 is 11.6 Å². The summed E-state index contributed by atoms with van der Waals surface area (Å²) in [6, 6.07) is 11.1. The summed E-state index contributed by atoms with van der Waals surface area (Å²) in [6.07, 6.45) is 6.68. The first-order valence-corrected chi connectivity index (χ1v) is 10.8. The summed E-state index contributed by atoms with van der Waals surface area (Å²) in [5, 5.41) is 0. The lowest BCUT2D eigenvalue weighted by atomic mass is 9.77. The normalized spacial score (nSPS) is 21.2. The summed E-state index contributed by atoms with van der Waals surface area (Å²) >= 11 is 0. The van der Waals surface area contributed by atoms with E-state index in [1.807, 2.05) is 24.4 Å². The number of nitrogens with zero attached hydrogens (tertiary/aromatic N) is 3. The number of pyridine rings is 2. The van der Waals surface area contributed by atoms with E-state index in [9.17, 15) is 4.39 Å². The number of aliphatic imine (C=N–C) groups is 1. The van der Waals surface area contributed by atoms with Gasteiger partial charge in [-0.1, -0.05) is 12.1 Å². The van der Waals surface area contributed by atoms with Gasteiger partial charge in [-0.15, -0.1) is 0 Å². The maximum absolute atomic E-state index is 14.5.